The first-order chi connectivity index (χ1) is 12.7. The largest absolute Gasteiger partial charge is 0.496 e. The quantitative estimate of drug-likeness (QED) is 0.463. The third kappa shape index (κ3) is 2.89. The van der Waals surface area contributed by atoms with Gasteiger partial charge in [-0.05, 0) is 35.9 Å². The molecule has 0 saturated heterocycles. The zero-order valence-electron chi connectivity index (χ0n) is 13.9. The van der Waals surface area contributed by atoms with E-state index in [4.69, 9.17) is 16.3 Å². The van der Waals surface area contributed by atoms with Crippen LogP contribution in [-0.4, -0.2) is 17.1 Å². The Morgan fingerprint density at radius 1 is 0.923 bits per heavy atom. The summed E-state index contributed by atoms with van der Waals surface area (Å²) in [6.07, 6.45) is 1.52. The van der Waals surface area contributed by atoms with Crippen LogP contribution < -0.4 is 4.74 Å². The summed E-state index contributed by atoms with van der Waals surface area (Å²) in [7, 11) is 1.59. The van der Waals surface area contributed by atoms with Crippen molar-refractivity contribution < 1.29 is 9.13 Å². The number of para-hydroxylation sites is 1. The standard InChI is InChI=1S/C21H14ClFN2O/c1-26-20-11-16(13-5-4-6-14(23)9-13)18(22)10-17(20)21-15-7-2-3-8-19(15)24-12-25-21/h2-12H,1H3. The molecule has 0 unspecified atom stereocenters. The molecule has 0 aliphatic rings. The SMILES string of the molecule is COc1cc(-c2cccc(F)c2)c(Cl)cc1-c1ncnc2ccccc12. The molecule has 0 radical (unpaired) electrons. The highest BCUT2D eigenvalue weighted by Crippen LogP contribution is 2.40. The van der Waals surface area contributed by atoms with E-state index in [0.29, 0.717) is 21.9 Å². The van der Waals surface area contributed by atoms with Crippen LogP contribution in [-0.2, 0) is 0 Å². The van der Waals surface area contributed by atoms with Gasteiger partial charge in [0.1, 0.15) is 17.9 Å². The summed E-state index contributed by atoms with van der Waals surface area (Å²) in [5.74, 6) is 0.293. The van der Waals surface area contributed by atoms with Gasteiger partial charge in [-0.1, -0.05) is 41.9 Å². The van der Waals surface area contributed by atoms with Gasteiger partial charge in [0.2, 0.25) is 0 Å². The Hall–Kier alpha value is -2.98. The smallest absolute Gasteiger partial charge is 0.129 e. The van der Waals surface area contributed by atoms with Gasteiger partial charge in [-0.25, -0.2) is 14.4 Å². The van der Waals surface area contributed by atoms with Crippen molar-refractivity contribution in [3.63, 3.8) is 0 Å². The summed E-state index contributed by atoms with van der Waals surface area (Å²) < 4.78 is 19.2. The highest BCUT2D eigenvalue weighted by molar-refractivity contribution is 6.33. The first-order valence-electron chi connectivity index (χ1n) is 8.01. The summed E-state index contributed by atoms with van der Waals surface area (Å²) in [4.78, 5) is 8.73. The molecule has 5 heteroatoms. The van der Waals surface area contributed by atoms with E-state index in [9.17, 15) is 4.39 Å². The topological polar surface area (TPSA) is 35.0 Å². The van der Waals surface area contributed by atoms with Crippen LogP contribution in [0.5, 0.6) is 5.75 Å². The molecule has 0 aliphatic carbocycles. The molecule has 0 aliphatic heterocycles. The molecule has 0 bridgehead atoms. The number of halogens is 2. The predicted molar refractivity (Wildman–Crippen MR) is 102 cm³/mol. The molecule has 1 heterocycles. The van der Waals surface area contributed by atoms with Crippen LogP contribution in [0.25, 0.3) is 33.3 Å². The Kier molecular flexibility index (Phi) is 4.27. The summed E-state index contributed by atoms with van der Waals surface area (Å²) in [5.41, 5.74) is 3.72. The van der Waals surface area contributed by atoms with Crippen molar-refractivity contribution in [2.45, 2.75) is 0 Å². The van der Waals surface area contributed by atoms with E-state index < -0.39 is 0 Å². The molecular weight excluding hydrogens is 351 g/mol. The molecule has 0 spiro atoms. The van der Waals surface area contributed by atoms with E-state index in [2.05, 4.69) is 9.97 Å². The van der Waals surface area contributed by atoms with Crippen molar-refractivity contribution in [1.29, 1.82) is 0 Å². The summed E-state index contributed by atoms with van der Waals surface area (Å²) in [5, 5.41) is 1.40. The molecule has 0 amide bonds. The number of nitrogens with zero attached hydrogens (tertiary/aromatic N) is 2. The minimum absolute atomic E-state index is 0.316. The fourth-order valence-electron chi connectivity index (χ4n) is 3.00. The molecular formula is C21H14ClFN2O. The van der Waals surface area contributed by atoms with Crippen LogP contribution in [0.3, 0.4) is 0 Å². The lowest BCUT2D eigenvalue weighted by Crippen LogP contribution is -1.94. The van der Waals surface area contributed by atoms with Crippen LogP contribution in [0, 0.1) is 5.82 Å². The number of hydrogen-bond acceptors (Lipinski definition) is 3. The molecule has 4 aromatic rings. The molecule has 3 nitrogen and oxygen atoms in total. The molecule has 0 N–H and O–H groups in total. The Balaban J connectivity index is 1.94. The molecule has 1 aromatic heterocycles. The maximum Gasteiger partial charge on any atom is 0.129 e. The molecule has 4 rings (SSSR count). The van der Waals surface area contributed by atoms with Gasteiger partial charge in [-0.15, -0.1) is 0 Å². The molecule has 0 saturated carbocycles. The first-order valence-corrected chi connectivity index (χ1v) is 8.39. The van der Waals surface area contributed by atoms with Crippen LogP contribution in [0.4, 0.5) is 4.39 Å². The molecule has 128 valence electrons. The van der Waals surface area contributed by atoms with Gasteiger partial charge in [0.25, 0.3) is 0 Å². The van der Waals surface area contributed by atoms with Gasteiger partial charge in [0.15, 0.2) is 0 Å². The second kappa shape index (κ2) is 6.73. The minimum atomic E-state index is -0.316. The van der Waals surface area contributed by atoms with E-state index in [1.807, 2.05) is 36.4 Å². The highest BCUT2D eigenvalue weighted by Gasteiger charge is 2.16. The summed E-state index contributed by atoms with van der Waals surface area (Å²) >= 11 is 6.52. The van der Waals surface area contributed by atoms with Gasteiger partial charge in [-0.2, -0.15) is 0 Å². The van der Waals surface area contributed by atoms with Crippen molar-refractivity contribution in [1.82, 2.24) is 9.97 Å². The number of fused-ring (bicyclic) bond motifs is 1. The van der Waals surface area contributed by atoms with Crippen molar-refractivity contribution in [3.05, 3.63) is 77.8 Å². The fraction of sp³-hybridized carbons (Fsp3) is 0.0476. The van der Waals surface area contributed by atoms with Crippen molar-refractivity contribution in [2.75, 3.05) is 7.11 Å². The molecule has 3 aromatic carbocycles. The van der Waals surface area contributed by atoms with E-state index in [1.165, 1.54) is 18.5 Å². The van der Waals surface area contributed by atoms with Crippen molar-refractivity contribution in [2.24, 2.45) is 0 Å². The molecule has 0 fully saturated rings. The van der Waals surface area contributed by atoms with Crippen molar-refractivity contribution >= 4 is 22.5 Å². The number of ether oxygens (including phenoxy) is 1. The zero-order chi connectivity index (χ0) is 18.1. The number of aromatic nitrogens is 2. The van der Waals surface area contributed by atoms with Gasteiger partial charge < -0.3 is 4.74 Å². The van der Waals surface area contributed by atoms with E-state index >= 15 is 0 Å². The normalized spacial score (nSPS) is 10.9. The average molecular weight is 365 g/mol. The van der Waals surface area contributed by atoms with Gasteiger partial charge in [0, 0.05) is 21.5 Å². The van der Waals surface area contributed by atoms with Crippen LogP contribution in [0.15, 0.2) is 67.0 Å². The number of hydrogen-bond donors (Lipinski definition) is 0. The number of rotatable bonds is 3. The molecule has 26 heavy (non-hydrogen) atoms. The lowest BCUT2D eigenvalue weighted by molar-refractivity contribution is 0.416. The number of methoxy groups -OCH3 is 1. The van der Waals surface area contributed by atoms with Crippen LogP contribution in [0.1, 0.15) is 0 Å². The van der Waals surface area contributed by atoms with Crippen LogP contribution >= 0.6 is 11.6 Å². The lowest BCUT2D eigenvalue weighted by atomic mass is 9.99. The second-order valence-electron chi connectivity index (χ2n) is 5.78. The Morgan fingerprint density at radius 3 is 2.58 bits per heavy atom. The Morgan fingerprint density at radius 2 is 1.77 bits per heavy atom. The Bertz CT molecular complexity index is 1110. The van der Waals surface area contributed by atoms with E-state index in [-0.39, 0.29) is 5.82 Å². The highest BCUT2D eigenvalue weighted by atomic mass is 35.5. The number of benzene rings is 3. The van der Waals surface area contributed by atoms with E-state index in [0.717, 1.165) is 22.2 Å². The van der Waals surface area contributed by atoms with Crippen LogP contribution in [0.2, 0.25) is 5.02 Å². The van der Waals surface area contributed by atoms with Crippen molar-refractivity contribution in [3.8, 4) is 28.1 Å². The third-order valence-corrected chi connectivity index (χ3v) is 4.54. The lowest BCUT2D eigenvalue weighted by Gasteiger charge is -2.14. The fourth-order valence-corrected chi connectivity index (χ4v) is 3.28. The second-order valence-corrected chi connectivity index (χ2v) is 6.19. The van der Waals surface area contributed by atoms with E-state index in [1.54, 1.807) is 19.2 Å². The monoisotopic (exact) mass is 364 g/mol. The van der Waals surface area contributed by atoms with Gasteiger partial charge in [-0.3, -0.25) is 0 Å². The maximum absolute atomic E-state index is 13.6. The maximum atomic E-state index is 13.6. The predicted octanol–water partition coefficient (Wildman–Crippen LogP) is 5.76. The summed E-state index contributed by atoms with van der Waals surface area (Å²) in [6.45, 7) is 0. The minimum Gasteiger partial charge on any atom is -0.496 e. The first kappa shape index (κ1) is 16.5. The van der Waals surface area contributed by atoms with Gasteiger partial charge >= 0.3 is 0 Å². The third-order valence-electron chi connectivity index (χ3n) is 4.22. The Labute approximate surface area is 155 Å². The van der Waals surface area contributed by atoms with Gasteiger partial charge in [0.05, 0.1) is 18.3 Å². The average Bonchev–Trinajstić information content (AvgIpc) is 2.67. The summed E-state index contributed by atoms with van der Waals surface area (Å²) in [6, 6.07) is 17.7. The zero-order valence-corrected chi connectivity index (χ0v) is 14.7. The molecule has 0 atom stereocenters.